The highest BCUT2D eigenvalue weighted by Crippen LogP contribution is 2.35. The third-order valence-electron chi connectivity index (χ3n) is 4.99. The molecule has 4 rings (SSSR count). The molecule has 1 N–H and O–H groups in total. The number of ether oxygens (including phenoxy) is 2. The second-order valence-electron chi connectivity index (χ2n) is 6.96. The summed E-state index contributed by atoms with van der Waals surface area (Å²) >= 11 is 0. The third kappa shape index (κ3) is 3.78. The number of aryl methyl sites for hydroxylation is 1. The molecule has 29 heavy (non-hydrogen) atoms. The van der Waals surface area contributed by atoms with Crippen molar-refractivity contribution in [3.05, 3.63) is 65.5 Å². The van der Waals surface area contributed by atoms with Gasteiger partial charge in [-0.15, -0.1) is 0 Å². The molecule has 3 aromatic rings. The maximum absolute atomic E-state index is 5.46. The van der Waals surface area contributed by atoms with E-state index < -0.39 is 0 Å². The maximum atomic E-state index is 5.46. The zero-order valence-corrected chi connectivity index (χ0v) is 17.1. The maximum Gasteiger partial charge on any atom is 0.162 e. The Kier molecular flexibility index (Phi) is 5.16. The molecule has 0 aliphatic carbocycles. The largest absolute Gasteiger partial charge is 0.493 e. The lowest BCUT2D eigenvalue weighted by Gasteiger charge is -2.18. The predicted molar refractivity (Wildman–Crippen MR) is 116 cm³/mol. The molecule has 0 spiro atoms. The minimum Gasteiger partial charge on any atom is -0.493 e. The quantitative estimate of drug-likeness (QED) is 0.674. The smallest absolute Gasteiger partial charge is 0.162 e. The zero-order chi connectivity index (χ0) is 20.4. The predicted octanol–water partition coefficient (Wildman–Crippen LogP) is 4.49. The molecule has 2 aromatic carbocycles. The van der Waals surface area contributed by atoms with Gasteiger partial charge in [0.05, 0.1) is 32.0 Å². The molecule has 6 nitrogen and oxygen atoms in total. The number of methoxy groups -OCH3 is 2. The first-order valence-electron chi connectivity index (χ1n) is 9.57. The van der Waals surface area contributed by atoms with E-state index in [2.05, 4.69) is 63.6 Å². The van der Waals surface area contributed by atoms with E-state index >= 15 is 0 Å². The Morgan fingerprint density at radius 3 is 2.55 bits per heavy atom. The van der Waals surface area contributed by atoms with Gasteiger partial charge in [-0.1, -0.05) is 24.3 Å². The van der Waals surface area contributed by atoms with Crippen molar-refractivity contribution in [2.45, 2.75) is 19.9 Å². The molecule has 0 fully saturated rings. The Balaban J connectivity index is 1.70. The molecule has 0 unspecified atom stereocenters. The number of benzene rings is 2. The number of allylic oxidation sites excluding steroid dienone is 1. The summed E-state index contributed by atoms with van der Waals surface area (Å²) in [5.74, 6) is 2.76. The number of aromatic nitrogens is 2. The van der Waals surface area contributed by atoms with Crippen LogP contribution >= 0.6 is 0 Å². The lowest BCUT2D eigenvalue weighted by molar-refractivity contribution is 0.356. The first-order valence-corrected chi connectivity index (χ1v) is 9.57. The summed E-state index contributed by atoms with van der Waals surface area (Å²) < 4.78 is 10.9. The average molecular weight is 388 g/mol. The highest BCUT2D eigenvalue weighted by Gasteiger charge is 2.15. The van der Waals surface area contributed by atoms with E-state index in [4.69, 9.17) is 9.47 Å². The molecule has 1 aromatic heterocycles. The van der Waals surface area contributed by atoms with E-state index in [1.807, 2.05) is 19.1 Å². The van der Waals surface area contributed by atoms with Gasteiger partial charge >= 0.3 is 0 Å². The third-order valence-corrected chi connectivity index (χ3v) is 4.99. The molecule has 0 saturated heterocycles. The molecule has 0 radical (unpaired) electrons. The highest BCUT2D eigenvalue weighted by atomic mass is 16.5. The van der Waals surface area contributed by atoms with Gasteiger partial charge in [-0.05, 0) is 37.6 Å². The summed E-state index contributed by atoms with van der Waals surface area (Å²) in [6.45, 7) is 4.76. The van der Waals surface area contributed by atoms with Crippen molar-refractivity contribution in [1.29, 1.82) is 0 Å². The molecule has 1 aliphatic heterocycles. The van der Waals surface area contributed by atoms with Gasteiger partial charge in [0.1, 0.15) is 11.6 Å². The summed E-state index contributed by atoms with van der Waals surface area (Å²) in [5, 5.41) is 4.43. The Labute approximate surface area is 170 Å². The van der Waals surface area contributed by atoms with Gasteiger partial charge in [-0.2, -0.15) is 0 Å². The first kappa shape index (κ1) is 18.9. The fourth-order valence-corrected chi connectivity index (χ4v) is 3.49. The van der Waals surface area contributed by atoms with Crippen LogP contribution in [0.25, 0.3) is 10.9 Å². The number of nitrogens with zero attached hydrogens (tertiary/aromatic N) is 3. The Hall–Kier alpha value is -3.41. The van der Waals surface area contributed by atoms with Crippen molar-refractivity contribution >= 4 is 22.4 Å². The van der Waals surface area contributed by atoms with Crippen molar-refractivity contribution in [1.82, 2.24) is 9.97 Å². The molecular formula is C23H24N4O2. The molecule has 6 heteroatoms. The normalized spacial score (nSPS) is 14.0. The summed E-state index contributed by atoms with van der Waals surface area (Å²) in [7, 11) is 3.25. The molecular weight excluding hydrogens is 364 g/mol. The van der Waals surface area contributed by atoms with Crippen LogP contribution < -0.4 is 14.8 Å². The molecule has 0 amide bonds. The van der Waals surface area contributed by atoms with Gasteiger partial charge in [0.15, 0.2) is 11.5 Å². The van der Waals surface area contributed by atoms with Crippen molar-refractivity contribution < 1.29 is 9.47 Å². The van der Waals surface area contributed by atoms with Crippen molar-refractivity contribution in [2.75, 3.05) is 26.1 Å². The minimum atomic E-state index is 0.0477. The Bertz CT molecular complexity index is 1120. The van der Waals surface area contributed by atoms with Crippen molar-refractivity contribution in [3.8, 4) is 11.5 Å². The lowest BCUT2D eigenvalue weighted by atomic mass is 10.0. The molecule has 1 atom stereocenters. The van der Waals surface area contributed by atoms with E-state index in [1.54, 1.807) is 14.2 Å². The van der Waals surface area contributed by atoms with Crippen LogP contribution in [-0.2, 0) is 0 Å². The van der Waals surface area contributed by atoms with Crippen molar-refractivity contribution in [2.24, 2.45) is 4.99 Å². The number of hydrogen-bond acceptors (Lipinski definition) is 6. The highest BCUT2D eigenvalue weighted by molar-refractivity contribution is 6.10. The van der Waals surface area contributed by atoms with Crippen LogP contribution in [0, 0.1) is 6.92 Å². The molecule has 148 valence electrons. The van der Waals surface area contributed by atoms with E-state index in [0.717, 1.165) is 40.1 Å². The molecule has 0 bridgehead atoms. The minimum absolute atomic E-state index is 0.0477. The van der Waals surface area contributed by atoms with Gasteiger partial charge in [0, 0.05) is 23.1 Å². The number of hydrogen-bond donors (Lipinski definition) is 1. The van der Waals surface area contributed by atoms with Crippen LogP contribution in [0.3, 0.4) is 0 Å². The summed E-state index contributed by atoms with van der Waals surface area (Å²) in [6, 6.07) is 12.3. The van der Waals surface area contributed by atoms with E-state index in [1.165, 1.54) is 0 Å². The molecule has 1 aliphatic rings. The van der Waals surface area contributed by atoms with Crippen LogP contribution in [0.5, 0.6) is 11.5 Å². The van der Waals surface area contributed by atoms with Crippen LogP contribution in [0.2, 0.25) is 0 Å². The Morgan fingerprint density at radius 1 is 1.03 bits per heavy atom. The van der Waals surface area contributed by atoms with Gasteiger partial charge in [0.25, 0.3) is 0 Å². The van der Waals surface area contributed by atoms with Gasteiger partial charge in [-0.3, -0.25) is 4.99 Å². The number of aliphatic imine (C=N–C) groups is 1. The number of fused-ring (bicyclic) bond motifs is 1. The number of nitrogens with one attached hydrogen (secondary N) is 1. The topological polar surface area (TPSA) is 68.6 Å². The second kappa shape index (κ2) is 7.91. The van der Waals surface area contributed by atoms with Gasteiger partial charge < -0.3 is 14.8 Å². The monoisotopic (exact) mass is 388 g/mol. The standard InChI is InChI=1S/C23H24N4O2/c1-14(16-7-5-8-17(11-16)19-9-6-10-24-19)25-23-18-12-21(28-3)22(29-4)13-20(18)26-15(2)27-23/h5-9,11-14H,10H2,1-4H3,(H,25,26,27)/t14-/m1/s1. The van der Waals surface area contributed by atoms with E-state index in [0.29, 0.717) is 17.3 Å². The van der Waals surface area contributed by atoms with Crippen LogP contribution in [0.15, 0.2) is 53.5 Å². The summed E-state index contributed by atoms with van der Waals surface area (Å²) in [4.78, 5) is 13.7. The second-order valence-corrected chi connectivity index (χ2v) is 6.96. The van der Waals surface area contributed by atoms with E-state index in [-0.39, 0.29) is 6.04 Å². The lowest BCUT2D eigenvalue weighted by Crippen LogP contribution is -2.10. The number of anilines is 1. The number of rotatable bonds is 6. The SMILES string of the molecule is COc1cc2nc(C)nc(N[C@H](C)c3cccc(C4=NCC=C4)c3)c2cc1OC. The molecule has 0 saturated carbocycles. The van der Waals surface area contributed by atoms with E-state index in [9.17, 15) is 0 Å². The van der Waals surface area contributed by atoms with Crippen LogP contribution in [0.1, 0.15) is 29.9 Å². The fourth-order valence-electron chi connectivity index (χ4n) is 3.49. The average Bonchev–Trinajstić information content (AvgIpc) is 3.27. The van der Waals surface area contributed by atoms with Crippen molar-refractivity contribution in [3.63, 3.8) is 0 Å². The fraction of sp³-hybridized carbons (Fsp3) is 0.261. The first-order chi connectivity index (χ1) is 14.1. The van der Waals surface area contributed by atoms with Crippen LogP contribution in [-0.4, -0.2) is 36.4 Å². The zero-order valence-electron chi connectivity index (χ0n) is 17.1. The summed E-state index contributed by atoms with van der Waals surface area (Å²) in [5.41, 5.74) is 4.12. The molecule has 2 heterocycles. The van der Waals surface area contributed by atoms with Gasteiger partial charge in [-0.25, -0.2) is 9.97 Å². The summed E-state index contributed by atoms with van der Waals surface area (Å²) in [6.07, 6.45) is 4.14. The Morgan fingerprint density at radius 2 is 1.83 bits per heavy atom. The van der Waals surface area contributed by atoms with Gasteiger partial charge in [0.2, 0.25) is 0 Å². The van der Waals surface area contributed by atoms with Crippen LogP contribution in [0.4, 0.5) is 5.82 Å².